The van der Waals surface area contributed by atoms with Crippen molar-refractivity contribution in [3.8, 4) is 0 Å². The van der Waals surface area contributed by atoms with E-state index < -0.39 is 0 Å². The second-order valence-corrected chi connectivity index (χ2v) is 5.60. The topological polar surface area (TPSA) is 32.6 Å². The van der Waals surface area contributed by atoms with Crippen LogP contribution in [0.4, 0.5) is 0 Å². The molecular weight excluding hydrogens is 240 g/mol. The molecular formula is C15H23N2O2+. The quantitative estimate of drug-likeness (QED) is 0.476. The number of carbonyl (C=O) groups excluding carboxylic acids is 1. The van der Waals surface area contributed by atoms with Crippen LogP contribution in [0.2, 0.25) is 0 Å². The highest BCUT2D eigenvalue weighted by Crippen LogP contribution is 2.12. The predicted molar refractivity (Wildman–Crippen MR) is 76.6 cm³/mol. The number of hydrogen-bond donors (Lipinski definition) is 0. The Morgan fingerprint density at radius 3 is 2.32 bits per heavy atom. The van der Waals surface area contributed by atoms with Gasteiger partial charge in [-0.1, -0.05) is 12.1 Å². The van der Waals surface area contributed by atoms with Crippen LogP contribution in [-0.4, -0.2) is 48.5 Å². The fourth-order valence-corrected chi connectivity index (χ4v) is 1.69. The van der Waals surface area contributed by atoms with Gasteiger partial charge in [-0.3, -0.25) is 9.63 Å². The summed E-state index contributed by atoms with van der Waals surface area (Å²) in [6.45, 7) is 6.14. The van der Waals surface area contributed by atoms with Gasteiger partial charge in [-0.05, 0) is 16.9 Å². The molecule has 0 heterocycles. The number of benzene rings is 1. The molecule has 1 amide bonds. The van der Waals surface area contributed by atoms with E-state index in [1.54, 1.807) is 30.8 Å². The highest BCUT2D eigenvalue weighted by atomic mass is 16.7. The molecule has 0 unspecified atom stereocenters. The second kappa shape index (κ2) is 5.87. The summed E-state index contributed by atoms with van der Waals surface area (Å²) >= 11 is 0. The monoisotopic (exact) mass is 263 g/mol. The smallest absolute Gasteiger partial charge is 0.254 e. The van der Waals surface area contributed by atoms with E-state index in [1.165, 1.54) is 0 Å². The lowest BCUT2D eigenvalue weighted by atomic mass is 10.1. The van der Waals surface area contributed by atoms with Crippen molar-refractivity contribution >= 4 is 12.1 Å². The van der Waals surface area contributed by atoms with Gasteiger partial charge in [0.05, 0.1) is 11.1 Å². The number of carbonyl (C=O) groups is 1. The van der Waals surface area contributed by atoms with E-state index in [0.717, 1.165) is 5.56 Å². The van der Waals surface area contributed by atoms with E-state index in [9.17, 15) is 4.79 Å². The zero-order chi connectivity index (χ0) is 14.6. The van der Waals surface area contributed by atoms with Crippen molar-refractivity contribution in [2.24, 2.45) is 0 Å². The molecule has 0 saturated heterocycles. The first kappa shape index (κ1) is 15.2. The van der Waals surface area contributed by atoms with E-state index in [-0.39, 0.29) is 11.4 Å². The zero-order valence-corrected chi connectivity index (χ0v) is 12.6. The normalized spacial score (nSPS) is 12.2. The van der Waals surface area contributed by atoms with Gasteiger partial charge in [0.25, 0.3) is 5.91 Å². The van der Waals surface area contributed by atoms with Crippen LogP contribution in [0.3, 0.4) is 0 Å². The molecule has 0 radical (unpaired) electrons. The van der Waals surface area contributed by atoms with Crippen molar-refractivity contribution in [1.29, 1.82) is 0 Å². The number of hydroxylamine groups is 1. The summed E-state index contributed by atoms with van der Waals surface area (Å²) in [5.74, 6) is -0.0168. The third-order valence-corrected chi connectivity index (χ3v) is 2.71. The highest BCUT2D eigenvalue weighted by molar-refractivity contribution is 6.01. The fourth-order valence-electron chi connectivity index (χ4n) is 1.69. The average molecular weight is 263 g/mol. The molecule has 0 aliphatic heterocycles. The third-order valence-electron chi connectivity index (χ3n) is 2.71. The van der Waals surface area contributed by atoms with Gasteiger partial charge in [0.2, 0.25) is 11.8 Å². The molecule has 0 aliphatic carbocycles. The summed E-state index contributed by atoms with van der Waals surface area (Å²) in [4.78, 5) is 19.1. The molecule has 1 rings (SSSR count). The first-order valence-electron chi connectivity index (χ1n) is 6.26. The molecule has 0 atom stereocenters. The maximum Gasteiger partial charge on any atom is 0.254 e. The summed E-state index contributed by atoms with van der Waals surface area (Å²) in [7, 11) is 5.12. The second-order valence-electron chi connectivity index (χ2n) is 5.60. The van der Waals surface area contributed by atoms with Crippen LogP contribution in [-0.2, 0) is 4.84 Å². The Balaban J connectivity index is 3.29. The summed E-state index contributed by atoms with van der Waals surface area (Å²) in [5.41, 5.74) is 1.33. The molecule has 1 aromatic rings. The molecule has 0 fully saturated rings. The van der Waals surface area contributed by atoms with Gasteiger partial charge in [-0.25, -0.2) is 0 Å². The van der Waals surface area contributed by atoms with Crippen molar-refractivity contribution < 1.29 is 14.4 Å². The highest BCUT2D eigenvalue weighted by Gasteiger charge is 2.27. The Morgan fingerprint density at radius 1 is 1.26 bits per heavy atom. The lowest BCUT2D eigenvalue weighted by molar-refractivity contribution is -0.821. The molecule has 1 aromatic carbocycles. The van der Waals surface area contributed by atoms with Crippen molar-refractivity contribution in [2.45, 2.75) is 26.3 Å². The molecule has 104 valence electrons. The Bertz CT molecular complexity index is 485. The molecule has 4 heteroatoms. The Hall–Kier alpha value is -1.84. The number of amides is 1. The van der Waals surface area contributed by atoms with E-state index in [2.05, 4.69) is 0 Å². The van der Waals surface area contributed by atoms with Gasteiger partial charge >= 0.3 is 0 Å². The Morgan fingerprint density at radius 2 is 1.84 bits per heavy atom. The lowest BCUT2D eigenvalue weighted by Gasteiger charge is -2.15. The molecule has 0 bridgehead atoms. The molecule has 0 saturated carbocycles. The number of hydrogen-bond acceptors (Lipinski definition) is 2. The fraction of sp³-hybridized carbons (Fsp3) is 0.467. The summed E-state index contributed by atoms with van der Waals surface area (Å²) in [6, 6.07) is 7.51. The molecule has 0 aromatic heterocycles. The first-order chi connectivity index (χ1) is 8.77. The standard InChI is InChI=1S/C15H23N2O2/c1-15(2,3)17(19-6)11-12-9-7-8-10-13(12)14(18)16(4)5/h7-11H,1-6H3/q+1/b17-11-. The van der Waals surface area contributed by atoms with Crippen molar-refractivity contribution in [1.82, 2.24) is 4.90 Å². The van der Waals surface area contributed by atoms with Gasteiger partial charge < -0.3 is 4.90 Å². The number of nitrogens with zero attached hydrogens (tertiary/aromatic N) is 2. The Kier molecular flexibility index (Phi) is 4.70. The maximum atomic E-state index is 12.1. The van der Waals surface area contributed by atoms with Crippen LogP contribution in [0, 0.1) is 0 Å². The van der Waals surface area contributed by atoms with Crippen LogP contribution in [0.1, 0.15) is 36.7 Å². The van der Waals surface area contributed by atoms with Crippen molar-refractivity contribution in [3.05, 3.63) is 35.4 Å². The van der Waals surface area contributed by atoms with Gasteiger partial charge in [0.15, 0.2) is 0 Å². The maximum absolute atomic E-state index is 12.1. The minimum absolute atomic E-state index is 0.0168. The van der Waals surface area contributed by atoms with Gasteiger partial charge in [0, 0.05) is 34.9 Å². The molecule has 0 N–H and O–H groups in total. The predicted octanol–water partition coefficient (Wildman–Crippen LogP) is 2.18. The average Bonchev–Trinajstić information content (AvgIpc) is 2.33. The Labute approximate surface area is 115 Å². The van der Waals surface area contributed by atoms with Crippen molar-refractivity contribution in [3.63, 3.8) is 0 Å². The van der Waals surface area contributed by atoms with Gasteiger partial charge in [-0.15, -0.1) is 0 Å². The minimum Gasteiger partial charge on any atom is -0.345 e. The van der Waals surface area contributed by atoms with E-state index in [1.807, 2.05) is 51.3 Å². The van der Waals surface area contributed by atoms with Crippen LogP contribution >= 0.6 is 0 Å². The molecule has 0 spiro atoms. The first-order valence-corrected chi connectivity index (χ1v) is 6.26. The zero-order valence-electron chi connectivity index (χ0n) is 12.6. The van der Waals surface area contributed by atoms with Crippen LogP contribution in [0.15, 0.2) is 24.3 Å². The van der Waals surface area contributed by atoms with E-state index in [0.29, 0.717) is 5.56 Å². The lowest BCUT2D eigenvalue weighted by Crippen LogP contribution is -2.33. The summed E-state index contributed by atoms with van der Waals surface area (Å²) in [5, 5.41) is 0. The minimum atomic E-state index is -0.178. The van der Waals surface area contributed by atoms with Crippen molar-refractivity contribution in [2.75, 3.05) is 21.2 Å². The third kappa shape index (κ3) is 3.81. The van der Waals surface area contributed by atoms with Crippen LogP contribution < -0.4 is 0 Å². The number of rotatable bonds is 3. The summed E-state index contributed by atoms with van der Waals surface area (Å²) in [6.07, 6.45) is 1.86. The van der Waals surface area contributed by atoms with E-state index >= 15 is 0 Å². The molecule has 19 heavy (non-hydrogen) atoms. The van der Waals surface area contributed by atoms with Crippen LogP contribution in [0.5, 0.6) is 0 Å². The van der Waals surface area contributed by atoms with Gasteiger partial charge in [-0.2, -0.15) is 0 Å². The van der Waals surface area contributed by atoms with E-state index in [4.69, 9.17) is 4.84 Å². The van der Waals surface area contributed by atoms with Gasteiger partial charge in [0.1, 0.15) is 7.11 Å². The van der Waals surface area contributed by atoms with Crippen LogP contribution in [0.25, 0.3) is 0 Å². The summed E-state index contributed by atoms with van der Waals surface area (Å²) < 4.78 is 1.74. The SMILES string of the molecule is CO/[N+](=C\c1ccccc1C(=O)N(C)C)C(C)(C)C. The molecule has 0 aliphatic rings. The molecule has 4 nitrogen and oxygen atoms in total. The largest absolute Gasteiger partial charge is 0.345 e.